The van der Waals surface area contributed by atoms with Gasteiger partial charge in [-0.15, -0.1) is 5.73 Å². The first-order valence-corrected chi connectivity index (χ1v) is 6.28. The van der Waals surface area contributed by atoms with E-state index in [1.165, 1.54) is 0 Å². The van der Waals surface area contributed by atoms with Gasteiger partial charge in [0.05, 0.1) is 6.61 Å². The Hall–Kier alpha value is -2.03. The average molecular weight is 314 g/mol. The third-order valence-corrected chi connectivity index (χ3v) is 3.61. The maximum atomic E-state index is 13.3. The number of nitrogens with one attached hydrogen (secondary N) is 1. The first kappa shape index (κ1) is 16.3. The van der Waals surface area contributed by atoms with Crippen molar-refractivity contribution >= 4 is 0 Å². The molecule has 1 aliphatic heterocycles. The minimum Gasteiger partial charge on any atom is -0.393 e. The number of ether oxygens (including phenoxy) is 1. The molecule has 1 aromatic rings. The fourth-order valence-corrected chi connectivity index (χ4v) is 2.41. The maximum absolute atomic E-state index is 13.3. The van der Waals surface area contributed by atoms with Gasteiger partial charge in [-0.2, -0.15) is 0 Å². The second kappa shape index (κ2) is 5.64. The number of hydrogen-bond acceptors (Lipinski definition) is 6. The smallest absolute Gasteiger partial charge is 0.330 e. The lowest BCUT2D eigenvalue weighted by Gasteiger charge is -2.29. The molecule has 1 aromatic heterocycles. The number of aliphatic hydroxyl groups is 3. The molecule has 22 heavy (non-hydrogen) atoms. The molecule has 0 bridgehead atoms. The highest BCUT2D eigenvalue weighted by atomic mass is 19.1. The van der Waals surface area contributed by atoms with E-state index in [0.29, 0.717) is 0 Å². The van der Waals surface area contributed by atoms with Crippen LogP contribution in [0.2, 0.25) is 0 Å². The molecule has 0 radical (unpaired) electrons. The Kier molecular flexibility index (Phi) is 4.19. The quantitative estimate of drug-likeness (QED) is 0.486. The molecule has 1 saturated heterocycles. The van der Waals surface area contributed by atoms with Gasteiger partial charge in [-0.3, -0.25) is 14.3 Å². The largest absolute Gasteiger partial charge is 0.393 e. The lowest BCUT2D eigenvalue weighted by atomic mass is 9.87. The summed E-state index contributed by atoms with van der Waals surface area (Å²) in [6.45, 7) is 1.01. The Bertz CT molecular complexity index is 718. The predicted octanol–water partition coefficient (Wildman–Crippen LogP) is -1.80. The zero-order chi connectivity index (χ0) is 16.5. The number of rotatable bonds is 4. The van der Waals surface area contributed by atoms with Crippen LogP contribution in [0.4, 0.5) is 4.39 Å². The number of H-pyrrole nitrogens is 1. The van der Waals surface area contributed by atoms with Crippen molar-refractivity contribution in [2.24, 2.45) is 0 Å². The molecule has 1 aliphatic rings. The zero-order valence-electron chi connectivity index (χ0n) is 11.4. The number of halogens is 1. The summed E-state index contributed by atoms with van der Waals surface area (Å²) in [5, 5.41) is 30.1. The van der Waals surface area contributed by atoms with Gasteiger partial charge in [0.1, 0.15) is 12.8 Å². The van der Waals surface area contributed by atoms with Crippen molar-refractivity contribution in [2.45, 2.75) is 23.5 Å². The summed E-state index contributed by atoms with van der Waals surface area (Å²) in [5.41, 5.74) is -3.78. The topological polar surface area (TPSA) is 125 Å². The third-order valence-electron chi connectivity index (χ3n) is 3.61. The van der Waals surface area contributed by atoms with Gasteiger partial charge < -0.3 is 20.1 Å². The van der Waals surface area contributed by atoms with Gasteiger partial charge in [-0.05, 0) is 6.08 Å². The second-order valence-electron chi connectivity index (χ2n) is 4.98. The van der Waals surface area contributed by atoms with Crippen molar-refractivity contribution in [3.05, 3.63) is 51.5 Å². The maximum Gasteiger partial charge on any atom is 0.330 e. The Labute approximate surface area is 123 Å². The van der Waals surface area contributed by atoms with E-state index in [0.717, 1.165) is 22.9 Å². The van der Waals surface area contributed by atoms with Gasteiger partial charge in [0, 0.05) is 12.3 Å². The van der Waals surface area contributed by atoms with E-state index in [1.54, 1.807) is 0 Å². The molecule has 4 atom stereocenters. The van der Waals surface area contributed by atoms with Gasteiger partial charge in [0.15, 0.2) is 17.4 Å². The molecule has 2 heterocycles. The Morgan fingerprint density at radius 2 is 2.27 bits per heavy atom. The van der Waals surface area contributed by atoms with E-state index >= 15 is 0 Å². The molecule has 2 rings (SSSR count). The summed E-state index contributed by atoms with van der Waals surface area (Å²) in [4.78, 5) is 24.9. The lowest BCUT2D eigenvalue weighted by molar-refractivity contribution is -0.139. The van der Waals surface area contributed by atoms with Gasteiger partial charge in [0.25, 0.3) is 5.56 Å². The van der Waals surface area contributed by atoms with Crippen LogP contribution in [0, 0.1) is 0 Å². The first-order valence-electron chi connectivity index (χ1n) is 6.28. The number of aromatic nitrogens is 2. The number of nitrogens with zero attached hydrogens (tertiary/aromatic N) is 1. The highest BCUT2D eigenvalue weighted by Crippen LogP contribution is 2.44. The van der Waals surface area contributed by atoms with Crippen LogP contribution < -0.4 is 11.2 Å². The molecule has 0 aliphatic carbocycles. The Balaban J connectivity index is 2.64. The van der Waals surface area contributed by atoms with Gasteiger partial charge in [-0.25, -0.2) is 9.18 Å². The molecule has 120 valence electrons. The summed E-state index contributed by atoms with van der Waals surface area (Å²) < 4.78 is 19.3. The zero-order valence-corrected chi connectivity index (χ0v) is 11.4. The Morgan fingerprint density at radius 3 is 2.77 bits per heavy atom. The molecule has 0 saturated carbocycles. The average Bonchev–Trinajstić information content (AvgIpc) is 2.70. The minimum atomic E-state index is -2.28. The van der Waals surface area contributed by atoms with Gasteiger partial charge in [0.2, 0.25) is 0 Å². The van der Waals surface area contributed by atoms with Crippen LogP contribution in [-0.2, 0) is 4.74 Å². The summed E-state index contributed by atoms with van der Waals surface area (Å²) >= 11 is 0. The molecule has 8 nitrogen and oxygen atoms in total. The SMILES string of the molecule is C=C=C[C@@]1(O)[C@H](O)[C@](CO)(CF)O[C@H]1n1ccc(=O)[nH]c1=O. The molecule has 0 amide bonds. The van der Waals surface area contributed by atoms with Gasteiger partial charge >= 0.3 is 5.69 Å². The van der Waals surface area contributed by atoms with Crippen LogP contribution >= 0.6 is 0 Å². The summed E-state index contributed by atoms with van der Waals surface area (Å²) in [5.74, 6) is 0. The van der Waals surface area contributed by atoms with E-state index in [9.17, 15) is 29.3 Å². The van der Waals surface area contributed by atoms with Crippen LogP contribution in [0.1, 0.15) is 6.23 Å². The van der Waals surface area contributed by atoms with E-state index in [4.69, 9.17) is 4.74 Å². The van der Waals surface area contributed by atoms with Crippen LogP contribution in [0.3, 0.4) is 0 Å². The normalized spacial score (nSPS) is 34.4. The summed E-state index contributed by atoms with van der Waals surface area (Å²) in [7, 11) is 0. The van der Waals surface area contributed by atoms with E-state index in [1.807, 2.05) is 4.98 Å². The molecule has 0 unspecified atom stereocenters. The Morgan fingerprint density at radius 1 is 1.59 bits per heavy atom. The molecule has 4 N–H and O–H groups in total. The third kappa shape index (κ3) is 2.25. The predicted molar refractivity (Wildman–Crippen MR) is 71.9 cm³/mol. The highest BCUT2D eigenvalue weighted by molar-refractivity contribution is 5.18. The monoisotopic (exact) mass is 314 g/mol. The lowest BCUT2D eigenvalue weighted by Crippen LogP contribution is -2.53. The van der Waals surface area contributed by atoms with Crippen molar-refractivity contribution in [3.63, 3.8) is 0 Å². The fourth-order valence-electron chi connectivity index (χ4n) is 2.41. The first-order chi connectivity index (χ1) is 10.3. The van der Waals surface area contributed by atoms with Crippen LogP contribution in [-0.4, -0.2) is 55.5 Å². The summed E-state index contributed by atoms with van der Waals surface area (Å²) in [6.07, 6.45) is -1.56. The van der Waals surface area contributed by atoms with Crippen LogP contribution in [0.5, 0.6) is 0 Å². The van der Waals surface area contributed by atoms with E-state index in [2.05, 4.69) is 12.3 Å². The molecular formula is C13H15FN2O6. The molecular weight excluding hydrogens is 299 g/mol. The standard InChI is InChI=1S/C13H15FN2O6/c1-2-4-13(21)9(19)12(6-14,7-17)22-10(13)16-5-3-8(18)15-11(16)20/h3-5,9-10,17,19,21H,1,6-7H2,(H,15,18,20)/t9-,10-,12-,13-/m1/s1. The van der Waals surface area contributed by atoms with Gasteiger partial charge in [-0.1, -0.05) is 6.58 Å². The van der Waals surface area contributed by atoms with Crippen molar-refractivity contribution in [3.8, 4) is 0 Å². The van der Waals surface area contributed by atoms with Crippen LogP contribution in [0.15, 0.2) is 40.2 Å². The number of aromatic amines is 1. The number of aliphatic hydroxyl groups excluding tert-OH is 2. The van der Waals surface area contributed by atoms with E-state index in [-0.39, 0.29) is 0 Å². The minimum absolute atomic E-state index is 0.679. The van der Waals surface area contributed by atoms with E-state index < -0.39 is 48.1 Å². The number of hydrogen-bond donors (Lipinski definition) is 4. The highest BCUT2D eigenvalue weighted by Gasteiger charge is 2.63. The molecule has 0 aromatic carbocycles. The second-order valence-corrected chi connectivity index (χ2v) is 4.98. The van der Waals surface area contributed by atoms with Crippen LogP contribution in [0.25, 0.3) is 0 Å². The van der Waals surface area contributed by atoms with Crippen molar-refractivity contribution < 1.29 is 24.4 Å². The fraction of sp³-hybridized carbons (Fsp3) is 0.462. The van der Waals surface area contributed by atoms with Crippen molar-refractivity contribution in [1.29, 1.82) is 0 Å². The van der Waals surface area contributed by atoms with Crippen molar-refractivity contribution in [2.75, 3.05) is 13.3 Å². The van der Waals surface area contributed by atoms with Crippen molar-refractivity contribution in [1.82, 2.24) is 9.55 Å². The molecule has 0 spiro atoms. The number of alkyl halides is 1. The molecule has 1 fully saturated rings. The molecule has 9 heteroatoms. The summed E-state index contributed by atoms with van der Waals surface area (Å²) in [6, 6.07) is 0.990.